The molecule has 0 saturated heterocycles. The van der Waals surface area contributed by atoms with Crippen molar-refractivity contribution in [2.75, 3.05) is 6.61 Å². The fourth-order valence-electron chi connectivity index (χ4n) is 3.30. The Hall–Kier alpha value is -2.04. The summed E-state index contributed by atoms with van der Waals surface area (Å²) in [4.78, 5) is 23.8. The van der Waals surface area contributed by atoms with Crippen LogP contribution in [-0.2, 0) is 16.0 Å². The van der Waals surface area contributed by atoms with E-state index in [0.29, 0.717) is 19.4 Å². The van der Waals surface area contributed by atoms with Gasteiger partial charge in [-0.2, -0.15) is 0 Å². The van der Waals surface area contributed by atoms with Crippen molar-refractivity contribution in [3.05, 3.63) is 29.8 Å². The highest BCUT2D eigenvalue weighted by molar-refractivity contribution is 5.81. The van der Waals surface area contributed by atoms with Gasteiger partial charge in [0.1, 0.15) is 5.75 Å². The molecule has 0 bridgehead atoms. The minimum Gasteiger partial charge on any atom is -0.494 e. The number of ether oxygens (including phenoxy) is 1. The normalized spacial score (nSPS) is 24.0. The molecule has 23 heavy (non-hydrogen) atoms. The molecule has 0 spiro atoms. The molecule has 2 atom stereocenters. The number of hydrogen-bond donors (Lipinski definition) is 2. The van der Waals surface area contributed by atoms with Crippen LogP contribution in [0, 0.1) is 5.92 Å². The molecule has 126 valence electrons. The van der Waals surface area contributed by atoms with E-state index in [2.05, 4.69) is 5.32 Å². The Morgan fingerprint density at radius 3 is 2.61 bits per heavy atom. The Balaban J connectivity index is 1.98. The fourth-order valence-corrected chi connectivity index (χ4v) is 3.30. The van der Waals surface area contributed by atoms with Gasteiger partial charge in [-0.25, -0.2) is 0 Å². The van der Waals surface area contributed by atoms with Crippen LogP contribution < -0.4 is 10.1 Å². The highest BCUT2D eigenvalue weighted by Gasteiger charge is 2.42. The van der Waals surface area contributed by atoms with Gasteiger partial charge in [-0.05, 0) is 44.4 Å². The first-order valence-corrected chi connectivity index (χ1v) is 8.20. The number of aliphatic carboxylic acids is 1. The lowest BCUT2D eigenvalue weighted by Crippen LogP contribution is -2.55. The monoisotopic (exact) mass is 319 g/mol. The molecule has 5 nitrogen and oxygen atoms in total. The molecule has 1 aliphatic carbocycles. The third-order valence-electron chi connectivity index (χ3n) is 4.53. The smallest absolute Gasteiger partial charge is 0.308 e. The second-order valence-corrected chi connectivity index (χ2v) is 6.36. The number of carbonyl (C=O) groups excluding carboxylic acids is 1. The lowest BCUT2D eigenvalue weighted by Gasteiger charge is -2.39. The van der Waals surface area contributed by atoms with Crippen LogP contribution >= 0.6 is 0 Å². The van der Waals surface area contributed by atoms with E-state index in [4.69, 9.17) is 4.74 Å². The zero-order valence-electron chi connectivity index (χ0n) is 13.8. The minimum absolute atomic E-state index is 0.134. The number of benzene rings is 1. The van der Waals surface area contributed by atoms with Crippen LogP contribution in [0.1, 0.15) is 45.1 Å². The van der Waals surface area contributed by atoms with Crippen molar-refractivity contribution in [3.63, 3.8) is 0 Å². The van der Waals surface area contributed by atoms with Crippen molar-refractivity contribution in [2.45, 2.75) is 51.5 Å². The summed E-state index contributed by atoms with van der Waals surface area (Å²) < 4.78 is 5.38. The maximum Gasteiger partial charge on any atom is 0.308 e. The average Bonchev–Trinajstić information content (AvgIpc) is 2.49. The number of carbonyl (C=O) groups is 2. The lowest BCUT2D eigenvalue weighted by atomic mass is 9.74. The molecule has 0 aromatic heterocycles. The van der Waals surface area contributed by atoms with Crippen LogP contribution in [-0.4, -0.2) is 29.1 Å². The zero-order valence-corrected chi connectivity index (χ0v) is 13.8. The number of carboxylic acid groups (broad SMARTS) is 1. The summed E-state index contributed by atoms with van der Waals surface area (Å²) in [7, 11) is 0. The van der Waals surface area contributed by atoms with E-state index in [1.807, 2.05) is 38.1 Å². The number of hydrogen-bond acceptors (Lipinski definition) is 3. The molecule has 1 saturated carbocycles. The molecule has 2 N–H and O–H groups in total. The molecule has 1 fully saturated rings. The predicted molar refractivity (Wildman–Crippen MR) is 87.5 cm³/mol. The molecule has 1 aromatic rings. The largest absolute Gasteiger partial charge is 0.494 e. The van der Waals surface area contributed by atoms with Crippen molar-refractivity contribution in [1.82, 2.24) is 5.32 Å². The quantitative estimate of drug-likeness (QED) is 0.845. The van der Waals surface area contributed by atoms with Gasteiger partial charge in [0.2, 0.25) is 5.91 Å². The van der Waals surface area contributed by atoms with Gasteiger partial charge in [0.05, 0.1) is 24.5 Å². The lowest BCUT2D eigenvalue weighted by molar-refractivity contribution is -0.146. The molecule has 2 rings (SSSR count). The van der Waals surface area contributed by atoms with Crippen LogP contribution in [0.2, 0.25) is 0 Å². The van der Waals surface area contributed by atoms with Crippen molar-refractivity contribution >= 4 is 11.9 Å². The average molecular weight is 319 g/mol. The molecule has 2 unspecified atom stereocenters. The van der Waals surface area contributed by atoms with Gasteiger partial charge in [0.15, 0.2) is 0 Å². The van der Waals surface area contributed by atoms with Crippen molar-refractivity contribution < 1.29 is 19.4 Å². The van der Waals surface area contributed by atoms with E-state index < -0.39 is 17.4 Å². The van der Waals surface area contributed by atoms with Gasteiger partial charge < -0.3 is 15.2 Å². The summed E-state index contributed by atoms with van der Waals surface area (Å²) in [5.41, 5.74) is 0.226. The Labute approximate surface area is 137 Å². The first-order chi connectivity index (χ1) is 10.9. The number of nitrogens with one attached hydrogen (secondary N) is 1. The third kappa shape index (κ3) is 4.47. The fraction of sp³-hybridized carbons (Fsp3) is 0.556. The maximum absolute atomic E-state index is 12.3. The van der Waals surface area contributed by atoms with Crippen LogP contribution in [0.15, 0.2) is 24.3 Å². The van der Waals surface area contributed by atoms with Gasteiger partial charge in [-0.1, -0.05) is 25.0 Å². The highest BCUT2D eigenvalue weighted by Crippen LogP contribution is 2.33. The molecule has 1 aliphatic rings. The van der Waals surface area contributed by atoms with Gasteiger partial charge >= 0.3 is 5.97 Å². The molecular weight excluding hydrogens is 294 g/mol. The van der Waals surface area contributed by atoms with Crippen LogP contribution in [0.5, 0.6) is 5.75 Å². The summed E-state index contributed by atoms with van der Waals surface area (Å²) in [5.74, 6) is -0.694. The zero-order chi connectivity index (χ0) is 16.9. The Kier molecular flexibility index (Phi) is 5.64. The van der Waals surface area contributed by atoms with Crippen LogP contribution in [0.4, 0.5) is 0 Å². The number of carboxylic acids is 1. The molecular formula is C18H25NO4. The van der Waals surface area contributed by atoms with Gasteiger partial charge in [-0.15, -0.1) is 0 Å². The third-order valence-corrected chi connectivity index (χ3v) is 4.53. The van der Waals surface area contributed by atoms with Crippen LogP contribution in [0.3, 0.4) is 0 Å². The predicted octanol–water partition coefficient (Wildman–Crippen LogP) is 2.78. The minimum atomic E-state index is -0.825. The molecule has 0 radical (unpaired) electrons. The van der Waals surface area contributed by atoms with Gasteiger partial charge in [0, 0.05) is 0 Å². The first-order valence-electron chi connectivity index (χ1n) is 8.20. The summed E-state index contributed by atoms with van der Waals surface area (Å²) in [6.07, 6.45) is 3.42. The van der Waals surface area contributed by atoms with Gasteiger partial charge in [-0.3, -0.25) is 9.59 Å². The molecule has 0 aliphatic heterocycles. The Morgan fingerprint density at radius 1 is 1.30 bits per heavy atom. The Bertz CT molecular complexity index is 555. The van der Waals surface area contributed by atoms with E-state index in [1.54, 1.807) is 0 Å². The summed E-state index contributed by atoms with van der Waals surface area (Å²) in [6.45, 7) is 4.38. The summed E-state index contributed by atoms with van der Waals surface area (Å²) in [6, 6.07) is 7.41. The first kappa shape index (κ1) is 17.3. The maximum atomic E-state index is 12.3. The summed E-state index contributed by atoms with van der Waals surface area (Å²) in [5, 5.41) is 12.4. The molecule has 1 aromatic carbocycles. The van der Waals surface area contributed by atoms with Gasteiger partial charge in [0.25, 0.3) is 0 Å². The van der Waals surface area contributed by atoms with E-state index in [1.165, 1.54) is 0 Å². The summed E-state index contributed by atoms with van der Waals surface area (Å²) >= 11 is 0. The number of amides is 1. The SMILES string of the molecule is CCOc1ccc(CC(=O)NC2(C)CCCCC2C(=O)O)cc1. The van der Waals surface area contributed by atoms with E-state index in [9.17, 15) is 14.7 Å². The molecule has 1 amide bonds. The number of rotatable bonds is 6. The second kappa shape index (κ2) is 7.49. The van der Waals surface area contributed by atoms with E-state index >= 15 is 0 Å². The van der Waals surface area contributed by atoms with E-state index in [-0.39, 0.29) is 12.3 Å². The van der Waals surface area contributed by atoms with Crippen molar-refractivity contribution in [3.8, 4) is 5.75 Å². The van der Waals surface area contributed by atoms with Crippen LogP contribution in [0.25, 0.3) is 0 Å². The molecule has 0 heterocycles. The Morgan fingerprint density at radius 2 is 2.00 bits per heavy atom. The highest BCUT2D eigenvalue weighted by atomic mass is 16.5. The molecule has 5 heteroatoms. The van der Waals surface area contributed by atoms with Crippen molar-refractivity contribution in [2.24, 2.45) is 5.92 Å². The van der Waals surface area contributed by atoms with Crippen molar-refractivity contribution in [1.29, 1.82) is 0 Å². The van der Waals surface area contributed by atoms with E-state index in [0.717, 1.165) is 24.2 Å². The second-order valence-electron chi connectivity index (χ2n) is 6.36. The topological polar surface area (TPSA) is 75.6 Å². The standard InChI is InChI=1S/C18H25NO4/c1-3-23-14-9-7-13(8-10-14)12-16(20)19-18(2)11-5-4-6-15(18)17(21)22/h7-10,15H,3-6,11-12H2,1-2H3,(H,19,20)(H,21,22).